The van der Waals surface area contributed by atoms with Gasteiger partial charge in [0.25, 0.3) is 0 Å². The molecule has 1 saturated heterocycles. The van der Waals surface area contributed by atoms with Gasteiger partial charge in [0, 0.05) is 18.1 Å². The number of ether oxygens (including phenoxy) is 1. The monoisotopic (exact) mass is 535 g/mol. The number of likely N-dealkylation sites (tertiary alicyclic amines) is 1. The maximum absolute atomic E-state index is 13.4. The van der Waals surface area contributed by atoms with Gasteiger partial charge in [-0.2, -0.15) is 0 Å². The maximum atomic E-state index is 13.4. The molecule has 0 radical (unpaired) electrons. The summed E-state index contributed by atoms with van der Waals surface area (Å²) in [6.07, 6.45) is 7.18. The number of aryl methyl sites for hydroxylation is 1. The lowest BCUT2D eigenvalue weighted by Crippen LogP contribution is -2.50. The van der Waals surface area contributed by atoms with E-state index < -0.39 is 0 Å². The summed E-state index contributed by atoms with van der Waals surface area (Å²) in [5.74, 6) is 0.834. The summed E-state index contributed by atoms with van der Waals surface area (Å²) >= 11 is 6.78. The maximum Gasteiger partial charge on any atom is 0.317 e. The molecule has 1 atom stereocenters. The minimum absolute atomic E-state index is 0.0652. The Balaban J connectivity index is 1.72. The first-order chi connectivity index (χ1) is 18.3. The molecular weight excluding hydrogens is 494 g/mol. The van der Waals surface area contributed by atoms with Crippen molar-refractivity contribution in [1.82, 2.24) is 15.1 Å². The third-order valence-electron chi connectivity index (χ3n) is 7.31. The molecule has 3 rings (SSSR count). The highest BCUT2D eigenvalue weighted by atomic mass is 35.5. The zero-order chi connectivity index (χ0) is 27.5. The Bertz CT molecular complexity index is 1120. The van der Waals surface area contributed by atoms with E-state index in [1.54, 1.807) is 6.08 Å². The average molecular weight is 536 g/mol. The van der Waals surface area contributed by atoms with Crippen LogP contribution in [0.3, 0.4) is 0 Å². The Hall–Kier alpha value is -3.02. The number of carbonyl (C=O) groups is 1. The number of hydrogen-bond donors (Lipinski definition) is 1. The SMILES string of the molecule is C=C/C(C)=C(Cl)\C(=C/C)C(CCc1cccc(OCc2ccccc2)c1)NC(=O)N(C)C1CCN(C)CC1. The number of amides is 2. The Kier molecular flexibility index (Phi) is 11.5. The fraction of sp³-hybridized carbons (Fsp3) is 0.406. The van der Waals surface area contributed by atoms with Crippen LogP contribution in [-0.4, -0.2) is 55.1 Å². The van der Waals surface area contributed by atoms with Crippen LogP contribution in [0.15, 0.2) is 89.5 Å². The molecule has 1 aliphatic heterocycles. The Labute approximate surface area is 233 Å². The minimum Gasteiger partial charge on any atom is -0.489 e. The molecule has 1 aliphatic rings. The number of hydrogen-bond acceptors (Lipinski definition) is 3. The van der Waals surface area contributed by atoms with Gasteiger partial charge in [0.05, 0.1) is 6.04 Å². The number of halogens is 1. The second-order valence-corrected chi connectivity index (χ2v) is 10.4. The fourth-order valence-electron chi connectivity index (χ4n) is 4.75. The standard InChI is InChI=1S/C32H42ClN3O2/c1-6-24(3)31(33)29(7-2)30(34-32(37)36(5)27-18-20-35(4)21-19-27)17-16-25-14-11-15-28(22-25)38-23-26-12-9-8-10-13-26/h6-15,22,27,30H,1,16-21,23H2,2-5H3,(H,34,37)/b29-7-,31-24+. The van der Waals surface area contributed by atoms with Gasteiger partial charge < -0.3 is 19.9 Å². The molecule has 204 valence electrons. The molecule has 0 aliphatic carbocycles. The van der Waals surface area contributed by atoms with Crippen molar-refractivity contribution in [2.75, 3.05) is 27.2 Å². The topological polar surface area (TPSA) is 44.8 Å². The van der Waals surface area contributed by atoms with Gasteiger partial charge in [-0.05, 0) is 94.1 Å². The quantitative estimate of drug-likeness (QED) is 0.317. The molecule has 38 heavy (non-hydrogen) atoms. The van der Waals surface area contributed by atoms with Gasteiger partial charge in [-0.3, -0.25) is 0 Å². The average Bonchev–Trinajstić information content (AvgIpc) is 2.95. The number of urea groups is 1. The smallest absolute Gasteiger partial charge is 0.317 e. The summed E-state index contributed by atoms with van der Waals surface area (Å²) in [7, 11) is 4.03. The molecule has 1 unspecified atom stereocenters. The molecule has 0 saturated carbocycles. The molecule has 5 nitrogen and oxygen atoms in total. The number of benzene rings is 2. The van der Waals surface area contributed by atoms with Gasteiger partial charge in [-0.15, -0.1) is 0 Å². The summed E-state index contributed by atoms with van der Waals surface area (Å²) in [6.45, 7) is 10.3. The summed E-state index contributed by atoms with van der Waals surface area (Å²) in [4.78, 5) is 17.5. The second-order valence-electron chi connectivity index (χ2n) is 10.1. The van der Waals surface area contributed by atoms with Crippen LogP contribution in [-0.2, 0) is 13.0 Å². The van der Waals surface area contributed by atoms with E-state index in [0.717, 1.165) is 60.4 Å². The zero-order valence-corrected chi connectivity index (χ0v) is 24.0. The molecule has 1 heterocycles. The first-order valence-corrected chi connectivity index (χ1v) is 13.8. The highest BCUT2D eigenvalue weighted by Gasteiger charge is 2.27. The van der Waals surface area contributed by atoms with Gasteiger partial charge in [0.15, 0.2) is 0 Å². The van der Waals surface area contributed by atoms with Crippen LogP contribution in [0.25, 0.3) is 0 Å². The van der Waals surface area contributed by atoms with Gasteiger partial charge in [0.1, 0.15) is 12.4 Å². The molecule has 6 heteroatoms. The first kappa shape index (κ1) is 29.5. The van der Waals surface area contributed by atoms with Crippen molar-refractivity contribution in [3.63, 3.8) is 0 Å². The van der Waals surface area contributed by atoms with Crippen LogP contribution in [0.4, 0.5) is 4.79 Å². The van der Waals surface area contributed by atoms with E-state index in [1.807, 2.05) is 62.2 Å². The van der Waals surface area contributed by atoms with Crippen LogP contribution >= 0.6 is 11.6 Å². The Morgan fingerprint density at radius 3 is 2.53 bits per heavy atom. The lowest BCUT2D eigenvalue weighted by Gasteiger charge is -2.36. The third kappa shape index (κ3) is 8.50. The van der Waals surface area contributed by atoms with Crippen molar-refractivity contribution in [1.29, 1.82) is 0 Å². The number of nitrogens with one attached hydrogen (secondary N) is 1. The fourth-order valence-corrected chi connectivity index (χ4v) is 5.06. The van der Waals surface area contributed by atoms with E-state index >= 15 is 0 Å². The molecule has 2 amide bonds. The van der Waals surface area contributed by atoms with Crippen molar-refractivity contribution in [3.8, 4) is 5.75 Å². The largest absolute Gasteiger partial charge is 0.489 e. The highest BCUT2D eigenvalue weighted by molar-refractivity contribution is 6.32. The predicted octanol–water partition coefficient (Wildman–Crippen LogP) is 6.95. The summed E-state index contributed by atoms with van der Waals surface area (Å²) in [5.41, 5.74) is 4.07. The summed E-state index contributed by atoms with van der Waals surface area (Å²) in [5, 5.41) is 3.92. The van der Waals surface area contributed by atoms with Crippen molar-refractivity contribution < 1.29 is 9.53 Å². The lowest BCUT2D eigenvalue weighted by atomic mass is 9.96. The van der Waals surface area contributed by atoms with Crippen LogP contribution in [0.1, 0.15) is 44.2 Å². The zero-order valence-electron chi connectivity index (χ0n) is 23.3. The van der Waals surface area contributed by atoms with Crippen LogP contribution in [0.2, 0.25) is 0 Å². The predicted molar refractivity (Wildman–Crippen MR) is 159 cm³/mol. The van der Waals surface area contributed by atoms with Crippen molar-refractivity contribution in [3.05, 3.63) is 101 Å². The van der Waals surface area contributed by atoms with Gasteiger partial charge in [-0.1, -0.05) is 72.8 Å². The minimum atomic E-state index is -0.238. The van der Waals surface area contributed by atoms with Crippen LogP contribution in [0, 0.1) is 0 Å². The molecule has 1 fully saturated rings. The first-order valence-electron chi connectivity index (χ1n) is 13.4. The van der Waals surface area contributed by atoms with E-state index in [9.17, 15) is 4.79 Å². The van der Waals surface area contributed by atoms with E-state index in [4.69, 9.17) is 16.3 Å². The lowest BCUT2D eigenvalue weighted by molar-refractivity contribution is 0.146. The molecule has 2 aromatic rings. The molecular formula is C32H42ClN3O2. The number of nitrogens with zero attached hydrogens (tertiary/aromatic N) is 2. The molecule has 2 aromatic carbocycles. The van der Waals surface area contributed by atoms with Crippen molar-refractivity contribution in [2.24, 2.45) is 0 Å². The second kappa shape index (κ2) is 14.8. The third-order valence-corrected chi connectivity index (χ3v) is 7.83. The van der Waals surface area contributed by atoms with Gasteiger partial charge >= 0.3 is 6.03 Å². The molecule has 0 bridgehead atoms. The van der Waals surface area contributed by atoms with Gasteiger partial charge in [0.2, 0.25) is 0 Å². The molecule has 0 spiro atoms. The summed E-state index contributed by atoms with van der Waals surface area (Å²) in [6, 6.07) is 18.2. The van der Waals surface area contributed by atoms with Crippen LogP contribution < -0.4 is 10.1 Å². The van der Waals surface area contributed by atoms with Crippen molar-refractivity contribution in [2.45, 2.75) is 58.2 Å². The number of piperidine rings is 1. The number of allylic oxidation sites excluding steroid dienone is 3. The summed E-state index contributed by atoms with van der Waals surface area (Å²) < 4.78 is 6.03. The van der Waals surface area contributed by atoms with Crippen LogP contribution in [0.5, 0.6) is 5.75 Å². The van der Waals surface area contributed by atoms with E-state index in [0.29, 0.717) is 18.1 Å². The normalized spacial score (nSPS) is 16.4. The highest BCUT2D eigenvalue weighted by Crippen LogP contribution is 2.27. The molecule has 0 aromatic heterocycles. The Morgan fingerprint density at radius 1 is 1.18 bits per heavy atom. The Morgan fingerprint density at radius 2 is 1.87 bits per heavy atom. The van der Waals surface area contributed by atoms with Crippen molar-refractivity contribution >= 4 is 17.6 Å². The number of carbonyl (C=O) groups excluding carboxylic acids is 1. The number of rotatable bonds is 11. The van der Waals surface area contributed by atoms with E-state index in [-0.39, 0.29) is 18.1 Å². The van der Waals surface area contributed by atoms with E-state index in [2.05, 4.69) is 48.1 Å². The van der Waals surface area contributed by atoms with E-state index in [1.165, 1.54) is 0 Å². The van der Waals surface area contributed by atoms with Gasteiger partial charge in [-0.25, -0.2) is 4.79 Å². The molecule has 1 N–H and O–H groups in total.